The van der Waals surface area contributed by atoms with E-state index in [-0.39, 0.29) is 18.1 Å². The molecule has 0 aliphatic carbocycles. The van der Waals surface area contributed by atoms with Crippen molar-refractivity contribution in [1.82, 2.24) is 14.9 Å². The second-order valence-electron chi connectivity index (χ2n) is 5.72. The van der Waals surface area contributed by atoms with E-state index < -0.39 is 4.92 Å². The predicted molar refractivity (Wildman–Crippen MR) is 96.1 cm³/mol. The van der Waals surface area contributed by atoms with Crippen LogP contribution in [0.25, 0.3) is 11.0 Å². The standard InChI is InChI=1S/C18H18N4O4/c1-26-14-7-5-13(6-8-14)9-10-19-17(23)11-21-12-20-15-3-2-4-16(18(15)21)22(24)25/h2-8,12H,9-11H2,1H3,(H,19,23). The molecule has 1 amide bonds. The Balaban J connectivity index is 1.61. The third kappa shape index (κ3) is 3.80. The highest BCUT2D eigenvalue weighted by Gasteiger charge is 2.17. The number of non-ortho nitro benzene ring substituents is 1. The van der Waals surface area contributed by atoms with Crippen LogP contribution in [0.15, 0.2) is 48.8 Å². The van der Waals surface area contributed by atoms with Crippen molar-refractivity contribution in [2.24, 2.45) is 0 Å². The molecule has 8 nitrogen and oxygen atoms in total. The summed E-state index contributed by atoms with van der Waals surface area (Å²) in [4.78, 5) is 27.0. The lowest BCUT2D eigenvalue weighted by atomic mass is 10.1. The van der Waals surface area contributed by atoms with Gasteiger partial charge in [-0.2, -0.15) is 0 Å². The molecular formula is C18H18N4O4. The Hall–Kier alpha value is -3.42. The molecule has 0 unspecified atom stereocenters. The average Bonchev–Trinajstić information content (AvgIpc) is 3.05. The molecule has 1 N–H and O–H groups in total. The molecule has 0 spiro atoms. The molecule has 0 aliphatic heterocycles. The van der Waals surface area contributed by atoms with Crippen LogP contribution in [0.4, 0.5) is 5.69 Å². The lowest BCUT2D eigenvalue weighted by Crippen LogP contribution is -2.29. The van der Waals surface area contributed by atoms with E-state index in [2.05, 4.69) is 10.3 Å². The number of carbonyl (C=O) groups is 1. The fraction of sp³-hybridized carbons (Fsp3) is 0.222. The number of rotatable bonds is 7. The Morgan fingerprint density at radius 2 is 2.04 bits per heavy atom. The van der Waals surface area contributed by atoms with Crippen LogP contribution in [-0.2, 0) is 17.8 Å². The minimum absolute atomic E-state index is 0.0238. The Morgan fingerprint density at radius 1 is 1.27 bits per heavy atom. The van der Waals surface area contributed by atoms with Gasteiger partial charge >= 0.3 is 0 Å². The number of nitro benzene ring substituents is 1. The molecule has 1 heterocycles. The first-order valence-electron chi connectivity index (χ1n) is 8.06. The SMILES string of the molecule is COc1ccc(CCNC(=O)Cn2cnc3cccc([N+](=O)[O-])c32)cc1. The van der Waals surface area contributed by atoms with Crippen molar-refractivity contribution in [2.75, 3.05) is 13.7 Å². The molecule has 3 aromatic rings. The number of amides is 1. The van der Waals surface area contributed by atoms with Gasteiger partial charge in [0.25, 0.3) is 5.69 Å². The number of fused-ring (bicyclic) bond motifs is 1. The molecule has 0 saturated heterocycles. The van der Waals surface area contributed by atoms with E-state index in [1.165, 1.54) is 17.0 Å². The highest BCUT2D eigenvalue weighted by atomic mass is 16.6. The third-order valence-corrected chi connectivity index (χ3v) is 4.02. The number of hydrogen-bond donors (Lipinski definition) is 1. The first-order chi connectivity index (χ1) is 12.6. The summed E-state index contributed by atoms with van der Waals surface area (Å²) in [7, 11) is 1.61. The van der Waals surface area contributed by atoms with Crippen LogP contribution < -0.4 is 10.1 Å². The van der Waals surface area contributed by atoms with Gasteiger partial charge in [0.15, 0.2) is 0 Å². The van der Waals surface area contributed by atoms with Gasteiger partial charge in [-0.1, -0.05) is 18.2 Å². The van der Waals surface area contributed by atoms with Gasteiger partial charge in [-0.3, -0.25) is 14.9 Å². The topological polar surface area (TPSA) is 99.3 Å². The van der Waals surface area contributed by atoms with E-state index in [0.29, 0.717) is 24.0 Å². The number of methoxy groups -OCH3 is 1. The summed E-state index contributed by atoms with van der Waals surface area (Å²) in [5.41, 5.74) is 1.86. The Bertz CT molecular complexity index is 934. The van der Waals surface area contributed by atoms with Crippen LogP contribution in [0.1, 0.15) is 5.56 Å². The minimum Gasteiger partial charge on any atom is -0.497 e. The van der Waals surface area contributed by atoms with Crippen LogP contribution >= 0.6 is 0 Å². The average molecular weight is 354 g/mol. The molecule has 0 saturated carbocycles. The Morgan fingerprint density at radius 3 is 2.73 bits per heavy atom. The highest BCUT2D eigenvalue weighted by Crippen LogP contribution is 2.24. The molecular weight excluding hydrogens is 336 g/mol. The number of imidazole rings is 1. The summed E-state index contributed by atoms with van der Waals surface area (Å²) in [6.45, 7) is 0.448. The fourth-order valence-electron chi connectivity index (χ4n) is 2.72. The maximum atomic E-state index is 12.2. The smallest absolute Gasteiger partial charge is 0.295 e. The van der Waals surface area contributed by atoms with Gasteiger partial charge in [0.05, 0.1) is 23.9 Å². The maximum Gasteiger partial charge on any atom is 0.295 e. The van der Waals surface area contributed by atoms with Crippen LogP contribution in [-0.4, -0.2) is 34.0 Å². The zero-order valence-electron chi connectivity index (χ0n) is 14.2. The zero-order chi connectivity index (χ0) is 18.5. The van der Waals surface area contributed by atoms with Crippen molar-refractivity contribution in [1.29, 1.82) is 0 Å². The number of nitro groups is 1. The summed E-state index contributed by atoms with van der Waals surface area (Å²) in [6, 6.07) is 12.3. The van der Waals surface area contributed by atoms with Crippen LogP contribution in [0.3, 0.4) is 0 Å². The molecule has 0 atom stereocenters. The second-order valence-corrected chi connectivity index (χ2v) is 5.72. The van der Waals surface area contributed by atoms with Gasteiger partial charge in [-0.25, -0.2) is 4.98 Å². The van der Waals surface area contributed by atoms with E-state index in [4.69, 9.17) is 4.74 Å². The van der Waals surface area contributed by atoms with Crippen molar-refractivity contribution in [2.45, 2.75) is 13.0 Å². The van der Waals surface area contributed by atoms with Crippen LogP contribution in [0.5, 0.6) is 5.75 Å². The molecule has 0 radical (unpaired) electrons. The fourth-order valence-corrected chi connectivity index (χ4v) is 2.72. The number of benzene rings is 2. The maximum absolute atomic E-state index is 12.2. The van der Waals surface area contributed by atoms with Crippen LogP contribution in [0, 0.1) is 10.1 Å². The molecule has 0 bridgehead atoms. The molecule has 3 rings (SSSR count). The van der Waals surface area contributed by atoms with Gasteiger partial charge < -0.3 is 14.6 Å². The molecule has 0 aliphatic rings. The van der Waals surface area contributed by atoms with Crippen molar-refractivity contribution in [3.8, 4) is 5.75 Å². The first-order valence-corrected chi connectivity index (χ1v) is 8.06. The van der Waals surface area contributed by atoms with E-state index in [9.17, 15) is 14.9 Å². The minimum atomic E-state index is -0.470. The molecule has 1 aromatic heterocycles. The highest BCUT2D eigenvalue weighted by molar-refractivity contribution is 5.86. The second kappa shape index (κ2) is 7.64. The molecule has 8 heteroatoms. The van der Waals surface area contributed by atoms with Gasteiger partial charge in [0.2, 0.25) is 5.91 Å². The molecule has 134 valence electrons. The monoisotopic (exact) mass is 354 g/mol. The quantitative estimate of drug-likeness (QED) is 0.518. The summed E-state index contributed by atoms with van der Waals surface area (Å²) in [5, 5.41) is 14.0. The van der Waals surface area contributed by atoms with Crippen molar-refractivity contribution >= 4 is 22.6 Å². The summed E-state index contributed by atoms with van der Waals surface area (Å²) < 4.78 is 6.60. The molecule has 2 aromatic carbocycles. The summed E-state index contributed by atoms with van der Waals surface area (Å²) in [6.07, 6.45) is 2.13. The van der Waals surface area contributed by atoms with Gasteiger partial charge in [0, 0.05) is 12.6 Å². The van der Waals surface area contributed by atoms with Gasteiger partial charge in [-0.15, -0.1) is 0 Å². The van der Waals surface area contributed by atoms with Crippen molar-refractivity contribution in [3.63, 3.8) is 0 Å². The number of hydrogen-bond acceptors (Lipinski definition) is 5. The number of ether oxygens (including phenoxy) is 1. The largest absolute Gasteiger partial charge is 0.497 e. The number of carbonyl (C=O) groups excluding carboxylic acids is 1. The van der Waals surface area contributed by atoms with Gasteiger partial charge in [0.1, 0.15) is 17.8 Å². The molecule has 26 heavy (non-hydrogen) atoms. The van der Waals surface area contributed by atoms with Gasteiger partial charge in [-0.05, 0) is 30.2 Å². The normalized spacial score (nSPS) is 10.7. The lowest BCUT2D eigenvalue weighted by Gasteiger charge is -2.07. The lowest BCUT2D eigenvalue weighted by molar-refractivity contribution is -0.383. The van der Waals surface area contributed by atoms with Crippen molar-refractivity contribution in [3.05, 3.63) is 64.5 Å². The van der Waals surface area contributed by atoms with Crippen LogP contribution in [0.2, 0.25) is 0 Å². The number of aromatic nitrogens is 2. The number of nitrogens with zero attached hydrogens (tertiary/aromatic N) is 3. The Labute approximate surface area is 149 Å². The third-order valence-electron chi connectivity index (χ3n) is 4.02. The van der Waals surface area contributed by atoms with E-state index >= 15 is 0 Å². The first kappa shape index (κ1) is 17.4. The summed E-state index contributed by atoms with van der Waals surface area (Å²) >= 11 is 0. The number of para-hydroxylation sites is 1. The zero-order valence-corrected chi connectivity index (χ0v) is 14.2. The molecule has 0 fully saturated rings. The summed E-state index contributed by atoms with van der Waals surface area (Å²) in [5.74, 6) is 0.558. The predicted octanol–water partition coefficient (Wildman–Crippen LogP) is 2.31. The van der Waals surface area contributed by atoms with Crippen molar-refractivity contribution < 1.29 is 14.5 Å². The van der Waals surface area contributed by atoms with E-state index in [1.807, 2.05) is 24.3 Å². The van der Waals surface area contributed by atoms with E-state index in [1.54, 1.807) is 19.2 Å². The number of nitrogens with one attached hydrogen (secondary N) is 1. The Kier molecular flexibility index (Phi) is 5.12. The van der Waals surface area contributed by atoms with E-state index in [0.717, 1.165) is 11.3 Å².